The lowest BCUT2D eigenvalue weighted by Crippen LogP contribution is -2.32. The Morgan fingerprint density at radius 2 is 2.06 bits per heavy atom. The lowest BCUT2D eigenvalue weighted by molar-refractivity contribution is 0.0938. The molecule has 1 amide bonds. The highest BCUT2D eigenvalue weighted by molar-refractivity contribution is 6.34. The Morgan fingerprint density at radius 3 is 2.75 bits per heavy atom. The molecule has 0 aliphatic heterocycles. The molecule has 1 fully saturated rings. The number of carbonyl (C=O) groups excluding carboxylic acids is 1. The smallest absolute Gasteiger partial charge is 0.253 e. The fraction of sp³-hybridized carbons (Fsp3) is 0.462. The average Bonchev–Trinajstić information content (AvgIpc) is 2.74. The summed E-state index contributed by atoms with van der Waals surface area (Å²) in [6, 6.07) is 5.89. The minimum absolute atomic E-state index is 0.0411. The molecule has 0 saturated heterocycles. The maximum Gasteiger partial charge on any atom is 0.253 e. The average molecular weight is 238 g/mol. The first-order valence-corrected chi connectivity index (χ1v) is 6.12. The summed E-state index contributed by atoms with van der Waals surface area (Å²) in [6.45, 7) is 1.91. The Balaban J connectivity index is 2.11. The number of halogens is 1. The van der Waals surface area contributed by atoms with Gasteiger partial charge in [0.05, 0.1) is 10.6 Å². The van der Waals surface area contributed by atoms with Crippen LogP contribution in [-0.4, -0.2) is 11.9 Å². The van der Waals surface area contributed by atoms with Gasteiger partial charge in [0.2, 0.25) is 0 Å². The van der Waals surface area contributed by atoms with E-state index in [4.69, 9.17) is 11.6 Å². The van der Waals surface area contributed by atoms with E-state index in [-0.39, 0.29) is 5.91 Å². The molecule has 1 saturated carbocycles. The van der Waals surface area contributed by atoms with E-state index in [1.54, 1.807) is 6.07 Å². The molecule has 1 aromatic carbocycles. The maximum absolute atomic E-state index is 12.0. The van der Waals surface area contributed by atoms with Crippen LogP contribution in [-0.2, 0) is 0 Å². The zero-order chi connectivity index (χ0) is 11.5. The molecule has 2 nitrogen and oxygen atoms in total. The van der Waals surface area contributed by atoms with Gasteiger partial charge in [0.15, 0.2) is 0 Å². The van der Waals surface area contributed by atoms with Crippen molar-refractivity contribution in [3.63, 3.8) is 0 Å². The molecule has 0 radical (unpaired) electrons. The zero-order valence-corrected chi connectivity index (χ0v) is 10.2. The highest BCUT2D eigenvalue weighted by atomic mass is 35.5. The standard InChI is InChI=1S/C13H16ClNO/c1-9-5-4-8-11(12(9)14)13(16)15-10-6-2-3-7-10/h4-5,8,10H,2-3,6-7H2,1H3,(H,15,16). The Kier molecular flexibility index (Phi) is 3.49. The Labute approximate surface area is 101 Å². The maximum atomic E-state index is 12.0. The summed E-state index contributed by atoms with van der Waals surface area (Å²) in [5, 5.41) is 3.61. The molecule has 0 atom stereocenters. The molecule has 0 bridgehead atoms. The van der Waals surface area contributed by atoms with E-state index in [2.05, 4.69) is 5.32 Å². The third-order valence-corrected chi connectivity index (χ3v) is 3.63. The third kappa shape index (κ3) is 2.38. The molecule has 1 aromatic rings. The van der Waals surface area contributed by atoms with Gasteiger partial charge in [0.1, 0.15) is 0 Å². The van der Waals surface area contributed by atoms with Gasteiger partial charge in [-0.3, -0.25) is 4.79 Å². The van der Waals surface area contributed by atoms with Crippen LogP contribution in [0.2, 0.25) is 5.02 Å². The summed E-state index contributed by atoms with van der Waals surface area (Å²) in [5.41, 5.74) is 1.54. The second-order valence-corrected chi connectivity index (χ2v) is 4.77. The number of hydrogen-bond donors (Lipinski definition) is 1. The minimum atomic E-state index is -0.0411. The van der Waals surface area contributed by atoms with Crippen LogP contribution in [0.4, 0.5) is 0 Å². The van der Waals surface area contributed by atoms with E-state index < -0.39 is 0 Å². The van der Waals surface area contributed by atoms with Gasteiger partial charge in [-0.1, -0.05) is 36.6 Å². The van der Waals surface area contributed by atoms with Gasteiger partial charge in [0, 0.05) is 6.04 Å². The number of amides is 1. The molecule has 1 N–H and O–H groups in total. The van der Waals surface area contributed by atoms with E-state index in [1.807, 2.05) is 19.1 Å². The van der Waals surface area contributed by atoms with Crippen LogP contribution in [0.3, 0.4) is 0 Å². The van der Waals surface area contributed by atoms with Crippen LogP contribution in [0.1, 0.15) is 41.6 Å². The lowest BCUT2D eigenvalue weighted by atomic mass is 10.1. The first kappa shape index (κ1) is 11.5. The number of aryl methyl sites for hydroxylation is 1. The molecule has 1 aliphatic rings. The fourth-order valence-electron chi connectivity index (χ4n) is 2.16. The topological polar surface area (TPSA) is 29.1 Å². The van der Waals surface area contributed by atoms with Crippen molar-refractivity contribution in [2.45, 2.75) is 38.6 Å². The van der Waals surface area contributed by atoms with Gasteiger partial charge in [-0.25, -0.2) is 0 Å². The molecular formula is C13H16ClNO. The van der Waals surface area contributed by atoms with E-state index in [0.29, 0.717) is 16.6 Å². The van der Waals surface area contributed by atoms with Crippen LogP contribution >= 0.6 is 11.6 Å². The van der Waals surface area contributed by atoms with Crippen molar-refractivity contribution >= 4 is 17.5 Å². The fourth-order valence-corrected chi connectivity index (χ4v) is 2.37. The SMILES string of the molecule is Cc1cccc(C(=O)NC2CCCC2)c1Cl. The van der Waals surface area contributed by atoms with E-state index in [0.717, 1.165) is 18.4 Å². The van der Waals surface area contributed by atoms with Crippen molar-refractivity contribution in [1.82, 2.24) is 5.32 Å². The van der Waals surface area contributed by atoms with Crippen molar-refractivity contribution in [2.75, 3.05) is 0 Å². The van der Waals surface area contributed by atoms with Gasteiger partial charge < -0.3 is 5.32 Å². The number of nitrogens with one attached hydrogen (secondary N) is 1. The Hall–Kier alpha value is -1.02. The van der Waals surface area contributed by atoms with Crippen molar-refractivity contribution in [3.8, 4) is 0 Å². The van der Waals surface area contributed by atoms with Gasteiger partial charge >= 0.3 is 0 Å². The first-order chi connectivity index (χ1) is 7.68. The molecule has 0 aromatic heterocycles. The largest absolute Gasteiger partial charge is 0.349 e. The van der Waals surface area contributed by atoms with Crippen molar-refractivity contribution in [2.24, 2.45) is 0 Å². The number of benzene rings is 1. The Morgan fingerprint density at radius 1 is 1.38 bits per heavy atom. The van der Waals surface area contributed by atoms with Crippen molar-refractivity contribution in [3.05, 3.63) is 34.3 Å². The minimum Gasteiger partial charge on any atom is -0.349 e. The summed E-state index contributed by atoms with van der Waals surface area (Å²) in [4.78, 5) is 12.0. The number of rotatable bonds is 2. The molecule has 0 heterocycles. The first-order valence-electron chi connectivity index (χ1n) is 5.74. The van der Waals surface area contributed by atoms with E-state index in [9.17, 15) is 4.79 Å². The van der Waals surface area contributed by atoms with E-state index >= 15 is 0 Å². The molecule has 1 aliphatic carbocycles. The second-order valence-electron chi connectivity index (χ2n) is 4.39. The van der Waals surface area contributed by atoms with Crippen molar-refractivity contribution < 1.29 is 4.79 Å². The van der Waals surface area contributed by atoms with Crippen LogP contribution < -0.4 is 5.32 Å². The highest BCUT2D eigenvalue weighted by Crippen LogP contribution is 2.22. The molecule has 0 unspecified atom stereocenters. The van der Waals surface area contributed by atoms with Gasteiger partial charge in [0.25, 0.3) is 5.91 Å². The number of hydrogen-bond acceptors (Lipinski definition) is 1. The van der Waals surface area contributed by atoms with Crippen molar-refractivity contribution in [1.29, 1.82) is 0 Å². The summed E-state index contributed by atoms with van der Waals surface area (Å²) >= 11 is 6.11. The van der Waals surface area contributed by atoms with Crippen LogP contribution in [0.5, 0.6) is 0 Å². The zero-order valence-electron chi connectivity index (χ0n) is 9.42. The summed E-state index contributed by atoms with van der Waals surface area (Å²) < 4.78 is 0. The molecule has 16 heavy (non-hydrogen) atoms. The van der Waals surface area contributed by atoms with Crippen LogP contribution in [0, 0.1) is 6.92 Å². The van der Waals surface area contributed by atoms with Gasteiger partial charge in [-0.15, -0.1) is 0 Å². The van der Waals surface area contributed by atoms with Gasteiger partial charge in [-0.2, -0.15) is 0 Å². The molecule has 86 valence electrons. The molecular weight excluding hydrogens is 222 g/mol. The molecule has 0 spiro atoms. The number of carbonyl (C=O) groups is 1. The van der Waals surface area contributed by atoms with Crippen LogP contribution in [0.15, 0.2) is 18.2 Å². The predicted molar refractivity (Wildman–Crippen MR) is 65.9 cm³/mol. The third-order valence-electron chi connectivity index (χ3n) is 3.13. The van der Waals surface area contributed by atoms with E-state index in [1.165, 1.54) is 12.8 Å². The summed E-state index contributed by atoms with van der Waals surface area (Å²) in [5.74, 6) is -0.0411. The summed E-state index contributed by atoms with van der Waals surface area (Å²) in [7, 11) is 0. The lowest BCUT2D eigenvalue weighted by Gasteiger charge is -2.13. The molecule has 3 heteroatoms. The second kappa shape index (κ2) is 4.88. The van der Waals surface area contributed by atoms with Crippen LogP contribution in [0.25, 0.3) is 0 Å². The summed E-state index contributed by atoms with van der Waals surface area (Å²) in [6.07, 6.45) is 4.61. The van der Waals surface area contributed by atoms with Gasteiger partial charge in [-0.05, 0) is 31.4 Å². The monoisotopic (exact) mass is 237 g/mol. The normalized spacial score (nSPS) is 16.4. The molecule has 2 rings (SSSR count). The highest BCUT2D eigenvalue weighted by Gasteiger charge is 2.19. The predicted octanol–water partition coefficient (Wildman–Crippen LogP) is 3.32. The quantitative estimate of drug-likeness (QED) is 0.840. The Bertz CT molecular complexity index is 397.